The third-order valence-electron chi connectivity index (χ3n) is 5.96. The first-order valence-electron chi connectivity index (χ1n) is 11.5. The van der Waals surface area contributed by atoms with Crippen LogP contribution in [0.3, 0.4) is 0 Å². The molecule has 1 aromatic heterocycles. The number of rotatable bonds is 8. The highest BCUT2D eigenvalue weighted by atomic mass is 16.5. The fourth-order valence-corrected chi connectivity index (χ4v) is 4.19. The molecule has 1 aliphatic rings. The molecule has 35 heavy (non-hydrogen) atoms. The number of Topliss-reactive ketones (excluding diaryl/α,β-unsaturated/α-hetero) is 1. The average Bonchev–Trinajstić information content (AvgIpc) is 3.13. The van der Waals surface area contributed by atoms with Gasteiger partial charge in [0.1, 0.15) is 17.3 Å². The van der Waals surface area contributed by atoms with E-state index in [4.69, 9.17) is 9.47 Å². The van der Waals surface area contributed by atoms with Gasteiger partial charge >= 0.3 is 0 Å². The highest BCUT2D eigenvalue weighted by Gasteiger charge is 2.46. The van der Waals surface area contributed by atoms with Crippen LogP contribution in [-0.4, -0.2) is 40.4 Å². The topological polar surface area (TPSA) is 89.0 Å². The van der Waals surface area contributed by atoms with Crippen LogP contribution >= 0.6 is 0 Å². The molecule has 7 nitrogen and oxygen atoms in total. The van der Waals surface area contributed by atoms with Gasteiger partial charge in [-0.15, -0.1) is 0 Å². The van der Waals surface area contributed by atoms with E-state index in [2.05, 4.69) is 4.98 Å². The second-order valence-corrected chi connectivity index (χ2v) is 8.39. The van der Waals surface area contributed by atoms with E-state index >= 15 is 0 Å². The van der Waals surface area contributed by atoms with E-state index in [1.54, 1.807) is 68.0 Å². The normalized spacial score (nSPS) is 17.0. The second-order valence-electron chi connectivity index (χ2n) is 8.39. The number of ketones is 1. The lowest BCUT2D eigenvalue weighted by Gasteiger charge is -2.25. The number of methoxy groups -OCH3 is 1. The van der Waals surface area contributed by atoms with Gasteiger partial charge in [-0.2, -0.15) is 0 Å². The summed E-state index contributed by atoms with van der Waals surface area (Å²) in [7, 11) is 1.57. The van der Waals surface area contributed by atoms with Crippen molar-refractivity contribution in [1.82, 2.24) is 9.88 Å². The first-order chi connectivity index (χ1) is 16.9. The molecule has 0 bridgehead atoms. The number of aryl methyl sites for hydroxylation is 1. The van der Waals surface area contributed by atoms with E-state index in [1.165, 1.54) is 4.90 Å². The Kier molecular flexibility index (Phi) is 7.15. The molecule has 2 aromatic carbocycles. The van der Waals surface area contributed by atoms with Crippen LogP contribution in [0, 0.1) is 6.92 Å². The van der Waals surface area contributed by atoms with Crippen LogP contribution in [0.1, 0.15) is 41.6 Å². The Labute approximate surface area is 204 Å². The summed E-state index contributed by atoms with van der Waals surface area (Å²) in [5.74, 6) is -0.251. The van der Waals surface area contributed by atoms with Gasteiger partial charge in [0.05, 0.1) is 25.3 Å². The van der Waals surface area contributed by atoms with Crippen LogP contribution in [0.4, 0.5) is 0 Å². The summed E-state index contributed by atoms with van der Waals surface area (Å²) in [6.45, 7) is 4.67. The van der Waals surface area contributed by atoms with Crippen molar-refractivity contribution in [3.63, 3.8) is 0 Å². The lowest BCUT2D eigenvalue weighted by Crippen LogP contribution is -2.29. The molecule has 1 aliphatic heterocycles. The lowest BCUT2D eigenvalue weighted by molar-refractivity contribution is -0.140. The number of benzene rings is 2. The molecule has 0 radical (unpaired) electrons. The molecule has 1 N–H and O–H groups in total. The second kappa shape index (κ2) is 10.4. The third kappa shape index (κ3) is 4.89. The van der Waals surface area contributed by atoms with Gasteiger partial charge in [-0.05, 0) is 66.4 Å². The van der Waals surface area contributed by atoms with Crippen molar-refractivity contribution in [2.24, 2.45) is 0 Å². The van der Waals surface area contributed by atoms with E-state index in [9.17, 15) is 14.7 Å². The molecule has 0 spiro atoms. The van der Waals surface area contributed by atoms with Crippen molar-refractivity contribution in [3.8, 4) is 11.5 Å². The zero-order valence-corrected chi connectivity index (χ0v) is 20.0. The zero-order valence-electron chi connectivity index (χ0n) is 20.0. The molecule has 1 saturated heterocycles. The van der Waals surface area contributed by atoms with Crippen LogP contribution in [0.25, 0.3) is 5.76 Å². The van der Waals surface area contributed by atoms with Gasteiger partial charge in [-0.3, -0.25) is 14.6 Å². The van der Waals surface area contributed by atoms with E-state index in [0.29, 0.717) is 29.2 Å². The third-order valence-corrected chi connectivity index (χ3v) is 5.96. The number of carbonyl (C=O) groups excluding carboxylic acids is 2. The number of aliphatic hydroxyl groups is 1. The van der Waals surface area contributed by atoms with E-state index in [1.807, 2.05) is 19.9 Å². The average molecular weight is 473 g/mol. The van der Waals surface area contributed by atoms with Gasteiger partial charge in [0, 0.05) is 24.5 Å². The summed E-state index contributed by atoms with van der Waals surface area (Å²) in [5, 5.41) is 11.3. The van der Waals surface area contributed by atoms with Crippen LogP contribution < -0.4 is 9.47 Å². The van der Waals surface area contributed by atoms with Crippen molar-refractivity contribution in [3.05, 3.63) is 94.8 Å². The number of amides is 1. The molecule has 0 unspecified atom stereocenters. The number of carbonyl (C=O) groups is 2. The largest absolute Gasteiger partial charge is 0.507 e. The predicted molar refractivity (Wildman–Crippen MR) is 132 cm³/mol. The zero-order chi connectivity index (χ0) is 24.9. The van der Waals surface area contributed by atoms with Crippen molar-refractivity contribution in [2.45, 2.75) is 32.9 Å². The Bertz CT molecular complexity index is 1250. The fraction of sp³-hybridized carbons (Fsp3) is 0.250. The number of hydrogen-bond donors (Lipinski definition) is 1. The summed E-state index contributed by atoms with van der Waals surface area (Å²) in [6.07, 6.45) is 4.18. The first kappa shape index (κ1) is 24.0. The Hall–Kier alpha value is -4.13. The summed E-state index contributed by atoms with van der Waals surface area (Å²) in [5.41, 5.74) is 2.79. The Morgan fingerprint density at radius 3 is 2.51 bits per heavy atom. The molecule has 2 heterocycles. The molecule has 4 rings (SSSR count). The van der Waals surface area contributed by atoms with E-state index in [-0.39, 0.29) is 17.9 Å². The summed E-state index contributed by atoms with van der Waals surface area (Å²) in [4.78, 5) is 32.0. The van der Waals surface area contributed by atoms with Crippen molar-refractivity contribution >= 4 is 17.4 Å². The van der Waals surface area contributed by atoms with Crippen LogP contribution in [0.5, 0.6) is 11.5 Å². The molecule has 0 aliphatic carbocycles. The molecule has 180 valence electrons. The van der Waals surface area contributed by atoms with Gasteiger partial charge < -0.3 is 19.5 Å². The fourth-order valence-electron chi connectivity index (χ4n) is 4.19. The molecular weight excluding hydrogens is 444 g/mol. The van der Waals surface area contributed by atoms with Gasteiger partial charge in [-0.1, -0.05) is 25.1 Å². The maximum Gasteiger partial charge on any atom is 0.295 e. The number of pyridine rings is 1. The molecule has 1 amide bonds. The van der Waals surface area contributed by atoms with Crippen LogP contribution in [0.2, 0.25) is 0 Å². The SMILES string of the molecule is CCCOc1ccc(C(O)=C2C(=O)C(=O)N(Cc3cccnc3)[C@H]2c2ccc(OC)cc2)cc1C. The lowest BCUT2D eigenvalue weighted by atomic mass is 9.94. The number of aliphatic hydroxyl groups excluding tert-OH is 1. The van der Waals surface area contributed by atoms with Gasteiger partial charge in [-0.25, -0.2) is 0 Å². The number of hydrogen-bond acceptors (Lipinski definition) is 6. The molecule has 7 heteroatoms. The Balaban J connectivity index is 1.81. The van der Waals surface area contributed by atoms with Crippen LogP contribution in [-0.2, 0) is 16.1 Å². The monoisotopic (exact) mass is 472 g/mol. The smallest absolute Gasteiger partial charge is 0.295 e. The van der Waals surface area contributed by atoms with E-state index < -0.39 is 17.7 Å². The predicted octanol–water partition coefficient (Wildman–Crippen LogP) is 4.81. The minimum atomic E-state index is -0.766. The van der Waals surface area contributed by atoms with Crippen molar-refractivity contribution in [1.29, 1.82) is 0 Å². The number of nitrogens with zero attached hydrogens (tertiary/aromatic N) is 2. The Morgan fingerprint density at radius 2 is 1.89 bits per heavy atom. The first-order valence-corrected chi connectivity index (χ1v) is 11.5. The number of aromatic nitrogens is 1. The van der Waals surface area contributed by atoms with Gasteiger partial charge in [0.2, 0.25) is 0 Å². The molecule has 1 atom stereocenters. The van der Waals surface area contributed by atoms with Gasteiger partial charge in [0.15, 0.2) is 0 Å². The maximum atomic E-state index is 13.2. The molecule has 3 aromatic rings. The van der Waals surface area contributed by atoms with Gasteiger partial charge in [0.25, 0.3) is 11.7 Å². The van der Waals surface area contributed by atoms with Crippen LogP contribution in [0.15, 0.2) is 72.6 Å². The summed E-state index contributed by atoms with van der Waals surface area (Å²) >= 11 is 0. The number of ether oxygens (including phenoxy) is 2. The Morgan fingerprint density at radius 1 is 1.11 bits per heavy atom. The standard InChI is InChI=1S/C28H28N2O5/c1-4-14-35-23-12-9-21(15-18(23)2)26(31)24-25(20-7-10-22(34-3)11-8-20)30(28(33)27(24)32)17-19-6-5-13-29-16-19/h5-13,15-16,25,31H,4,14,17H2,1-3H3/t25-/m0/s1. The highest BCUT2D eigenvalue weighted by Crippen LogP contribution is 2.41. The van der Waals surface area contributed by atoms with Crippen molar-refractivity contribution < 1.29 is 24.2 Å². The highest BCUT2D eigenvalue weighted by molar-refractivity contribution is 6.46. The minimum absolute atomic E-state index is 0.0469. The van der Waals surface area contributed by atoms with E-state index in [0.717, 1.165) is 17.5 Å². The maximum absolute atomic E-state index is 13.2. The summed E-state index contributed by atoms with van der Waals surface area (Å²) in [6, 6.07) is 15.2. The molecular formula is C28H28N2O5. The number of likely N-dealkylation sites (tertiary alicyclic amines) is 1. The quantitative estimate of drug-likeness (QED) is 0.288. The molecule has 1 fully saturated rings. The summed E-state index contributed by atoms with van der Waals surface area (Å²) < 4.78 is 11.0. The van der Waals surface area contributed by atoms with Crippen molar-refractivity contribution in [2.75, 3.05) is 13.7 Å². The minimum Gasteiger partial charge on any atom is -0.507 e. The molecule has 0 saturated carbocycles.